The molecule has 0 saturated heterocycles. The van der Waals surface area contributed by atoms with Crippen LogP contribution in [0.3, 0.4) is 0 Å². The Balaban J connectivity index is 0.000000395. The number of carboxylic acid groups (broad SMARTS) is 1. The van der Waals surface area contributed by atoms with Crippen LogP contribution < -0.4 is 56.1 Å². The summed E-state index contributed by atoms with van der Waals surface area (Å²) in [5, 5.41) is 8.66. The number of fused-ring (bicyclic) bond motifs is 2. The Morgan fingerprint density at radius 1 is 1.19 bits per heavy atom. The summed E-state index contributed by atoms with van der Waals surface area (Å²) in [6.07, 6.45) is 1.32. The fraction of sp³-hybridized carbons (Fsp3) is 0.316. The molecule has 1 aliphatic heterocycles. The van der Waals surface area contributed by atoms with Gasteiger partial charge in [-0.2, -0.15) is 0 Å². The van der Waals surface area contributed by atoms with Crippen LogP contribution in [0.4, 0.5) is 0 Å². The predicted molar refractivity (Wildman–Crippen MR) is 96.9 cm³/mol. The van der Waals surface area contributed by atoms with Crippen molar-refractivity contribution < 1.29 is 79.0 Å². The average molecular weight is 417 g/mol. The van der Waals surface area contributed by atoms with Crippen molar-refractivity contribution in [1.82, 2.24) is 0 Å². The molecule has 1 N–H and O–H groups in total. The fourth-order valence-corrected chi connectivity index (χ4v) is 2.57. The molecule has 0 amide bonds. The number of aromatic carboxylic acids is 1. The number of carbonyl (C=O) groups is 1. The Hall–Kier alpha value is -0.744. The van der Waals surface area contributed by atoms with Gasteiger partial charge >= 0.3 is 57.4 Å². The molecular formula is C19H21KO6S. The van der Waals surface area contributed by atoms with Crippen molar-refractivity contribution in [2.24, 2.45) is 0 Å². The van der Waals surface area contributed by atoms with Crippen LogP contribution in [-0.2, 0) is 23.0 Å². The van der Waals surface area contributed by atoms with Gasteiger partial charge in [-0.1, -0.05) is 31.2 Å². The number of para-hydroxylation sites is 1. The van der Waals surface area contributed by atoms with E-state index in [9.17, 15) is 22.9 Å². The van der Waals surface area contributed by atoms with Crippen molar-refractivity contribution in [2.75, 3.05) is 0 Å². The number of carboxylic acids is 1. The van der Waals surface area contributed by atoms with Gasteiger partial charge in [0, 0.05) is 17.2 Å². The summed E-state index contributed by atoms with van der Waals surface area (Å²) < 4.78 is 35.1. The van der Waals surface area contributed by atoms with E-state index in [0.717, 1.165) is 22.4 Å². The molecule has 27 heavy (non-hydrogen) atoms. The minimum atomic E-state index is -3.99. The molecule has 2 aromatic carbocycles. The van der Waals surface area contributed by atoms with Crippen molar-refractivity contribution >= 4 is 16.1 Å². The maximum Gasteiger partial charge on any atom is 1.00 e. The minimum Gasteiger partial charge on any atom is -0.748 e. The first-order valence-electron chi connectivity index (χ1n) is 8.23. The molecule has 0 fully saturated rings. The van der Waals surface area contributed by atoms with Gasteiger partial charge in [-0.25, -0.2) is 13.2 Å². The maximum atomic E-state index is 11.5. The summed E-state index contributed by atoms with van der Waals surface area (Å²) in [7, 11) is -3.99. The van der Waals surface area contributed by atoms with E-state index in [1.165, 1.54) is 13.8 Å². The zero-order valence-electron chi connectivity index (χ0n) is 15.9. The molecule has 0 bridgehead atoms. The smallest absolute Gasteiger partial charge is 0.748 e. The summed E-state index contributed by atoms with van der Waals surface area (Å²) in [6.45, 7) is 4.66. The third kappa shape index (κ3) is 6.12. The summed E-state index contributed by atoms with van der Waals surface area (Å²) >= 11 is 0. The second kappa shape index (κ2) is 10.2. The second-order valence-corrected chi connectivity index (χ2v) is 8.09. The van der Waals surface area contributed by atoms with Gasteiger partial charge in [0.15, 0.2) is 0 Å². The Kier molecular flexibility index (Phi) is 9.14. The standard InChI is InChI=1S/C16H14O3.C3H8O3S.K/c1-2-10-7-8-14-12(15(10)16(17)18)9-11-5-3-4-6-13(11)19-14;1-3(2)7(4,5)6;/h3-8H,2,9H2,1H3,(H,17,18);3H,1-2H3,(H,4,5,6);/q;;+1/p-1. The first kappa shape index (κ1) is 24.3. The van der Waals surface area contributed by atoms with E-state index in [0.29, 0.717) is 24.2 Å². The fourth-order valence-electron chi connectivity index (χ4n) is 2.57. The quantitative estimate of drug-likeness (QED) is 0.495. The van der Waals surface area contributed by atoms with E-state index in [-0.39, 0.29) is 51.4 Å². The largest absolute Gasteiger partial charge is 1.00 e. The molecule has 6 nitrogen and oxygen atoms in total. The SMILES string of the molecule is CC(C)S(=O)(=O)[O-].CCc1ccc2c(c1C(=O)O)Cc1ccccc1O2.[K+]. The van der Waals surface area contributed by atoms with Crippen molar-refractivity contribution in [3.05, 3.63) is 58.7 Å². The van der Waals surface area contributed by atoms with E-state index in [1.807, 2.05) is 43.3 Å². The van der Waals surface area contributed by atoms with Crippen molar-refractivity contribution in [3.8, 4) is 11.5 Å². The Bertz CT molecular complexity index is 922. The summed E-state index contributed by atoms with van der Waals surface area (Å²) in [5.41, 5.74) is 3.07. The van der Waals surface area contributed by atoms with Gasteiger partial charge in [0.05, 0.1) is 15.7 Å². The normalized spacial score (nSPS) is 11.9. The monoisotopic (exact) mass is 416 g/mol. The third-order valence-electron chi connectivity index (χ3n) is 4.09. The molecule has 0 aromatic heterocycles. The minimum absolute atomic E-state index is 0. The Labute approximate surface area is 202 Å². The molecule has 3 rings (SSSR count). The number of aryl methyl sites for hydroxylation is 1. The van der Waals surface area contributed by atoms with E-state index < -0.39 is 21.3 Å². The van der Waals surface area contributed by atoms with Gasteiger partial charge in [-0.3, -0.25) is 0 Å². The molecule has 140 valence electrons. The molecule has 0 atom stereocenters. The molecule has 0 saturated carbocycles. The van der Waals surface area contributed by atoms with E-state index >= 15 is 0 Å². The van der Waals surface area contributed by atoms with E-state index in [1.54, 1.807) is 0 Å². The van der Waals surface area contributed by atoms with Gasteiger partial charge in [-0.05, 0) is 43.5 Å². The second-order valence-electron chi connectivity index (χ2n) is 6.16. The average Bonchev–Trinajstić information content (AvgIpc) is 2.58. The number of hydrogen-bond donors (Lipinski definition) is 1. The van der Waals surface area contributed by atoms with Gasteiger partial charge < -0.3 is 14.4 Å². The van der Waals surface area contributed by atoms with Crippen molar-refractivity contribution in [1.29, 1.82) is 0 Å². The van der Waals surface area contributed by atoms with Crippen LogP contribution >= 0.6 is 0 Å². The number of rotatable bonds is 3. The molecule has 1 heterocycles. The van der Waals surface area contributed by atoms with Crippen LogP contribution in [0.25, 0.3) is 0 Å². The zero-order valence-corrected chi connectivity index (χ0v) is 19.8. The van der Waals surface area contributed by atoms with Gasteiger partial charge in [-0.15, -0.1) is 0 Å². The van der Waals surface area contributed by atoms with Gasteiger partial charge in [0.25, 0.3) is 0 Å². The summed E-state index contributed by atoms with van der Waals surface area (Å²) in [4.78, 5) is 11.5. The van der Waals surface area contributed by atoms with Crippen molar-refractivity contribution in [3.63, 3.8) is 0 Å². The number of ether oxygens (including phenoxy) is 1. The zero-order chi connectivity index (χ0) is 19.5. The predicted octanol–water partition coefficient (Wildman–Crippen LogP) is 0.588. The number of hydrogen-bond acceptors (Lipinski definition) is 5. The molecule has 0 unspecified atom stereocenters. The van der Waals surface area contributed by atoms with E-state index in [2.05, 4.69) is 0 Å². The first-order valence-corrected chi connectivity index (χ1v) is 9.70. The van der Waals surface area contributed by atoms with Crippen LogP contribution in [-0.4, -0.2) is 29.3 Å². The van der Waals surface area contributed by atoms with Crippen LogP contribution in [0.5, 0.6) is 11.5 Å². The summed E-state index contributed by atoms with van der Waals surface area (Å²) in [5.74, 6) is 0.598. The van der Waals surface area contributed by atoms with Crippen molar-refractivity contribution in [2.45, 2.75) is 38.9 Å². The molecule has 0 radical (unpaired) electrons. The van der Waals surface area contributed by atoms with E-state index in [4.69, 9.17) is 4.74 Å². The van der Waals surface area contributed by atoms with Gasteiger partial charge in [0.1, 0.15) is 11.5 Å². The molecule has 0 aliphatic carbocycles. The molecule has 2 aromatic rings. The summed E-state index contributed by atoms with van der Waals surface area (Å²) in [6, 6.07) is 11.5. The molecule has 8 heteroatoms. The maximum absolute atomic E-state index is 11.5. The molecule has 1 aliphatic rings. The molecular weight excluding hydrogens is 395 g/mol. The van der Waals surface area contributed by atoms with Crippen LogP contribution in [0.1, 0.15) is 47.8 Å². The number of benzene rings is 2. The Morgan fingerprint density at radius 2 is 1.78 bits per heavy atom. The van der Waals surface area contributed by atoms with Crippen LogP contribution in [0.2, 0.25) is 0 Å². The van der Waals surface area contributed by atoms with Gasteiger partial charge in [0.2, 0.25) is 0 Å². The van der Waals surface area contributed by atoms with Crippen LogP contribution in [0, 0.1) is 0 Å². The Morgan fingerprint density at radius 3 is 2.30 bits per heavy atom. The van der Waals surface area contributed by atoms with Crippen LogP contribution in [0.15, 0.2) is 36.4 Å². The topological polar surface area (TPSA) is 104 Å². The third-order valence-corrected chi connectivity index (χ3v) is 5.24. The first-order chi connectivity index (χ1) is 12.1. The molecule has 0 spiro atoms.